The Bertz CT molecular complexity index is 516. The van der Waals surface area contributed by atoms with E-state index in [1.807, 2.05) is 24.5 Å². The van der Waals surface area contributed by atoms with Crippen LogP contribution in [-0.2, 0) is 0 Å². The van der Waals surface area contributed by atoms with Crippen molar-refractivity contribution in [1.82, 2.24) is 9.55 Å². The summed E-state index contributed by atoms with van der Waals surface area (Å²) < 4.78 is 7.29. The standard InChI is InChI=1S/C15H21N3O/c1-11(2)18-10-9-16-15(18)17-12(3)13-5-7-14(19-4)8-6-13/h5-12H,1-4H3,(H,16,17). The van der Waals surface area contributed by atoms with Crippen molar-refractivity contribution in [3.05, 3.63) is 42.2 Å². The van der Waals surface area contributed by atoms with Gasteiger partial charge in [-0.05, 0) is 38.5 Å². The molecular weight excluding hydrogens is 238 g/mol. The normalized spacial score (nSPS) is 12.5. The van der Waals surface area contributed by atoms with Gasteiger partial charge in [-0.2, -0.15) is 0 Å². The summed E-state index contributed by atoms with van der Waals surface area (Å²) in [7, 11) is 1.68. The van der Waals surface area contributed by atoms with Gasteiger partial charge in [0.05, 0.1) is 13.2 Å². The van der Waals surface area contributed by atoms with Crippen LogP contribution in [0.5, 0.6) is 5.75 Å². The molecule has 0 aliphatic rings. The molecular formula is C15H21N3O. The summed E-state index contributed by atoms with van der Waals surface area (Å²) in [4.78, 5) is 4.36. The molecule has 0 saturated heterocycles. The predicted molar refractivity (Wildman–Crippen MR) is 77.6 cm³/mol. The van der Waals surface area contributed by atoms with Crippen LogP contribution in [-0.4, -0.2) is 16.7 Å². The molecule has 4 nitrogen and oxygen atoms in total. The summed E-state index contributed by atoms with van der Waals surface area (Å²) in [5.74, 6) is 1.78. The van der Waals surface area contributed by atoms with Crippen molar-refractivity contribution in [2.75, 3.05) is 12.4 Å². The zero-order chi connectivity index (χ0) is 13.8. The van der Waals surface area contributed by atoms with E-state index < -0.39 is 0 Å². The molecule has 0 bridgehead atoms. The highest BCUT2D eigenvalue weighted by Crippen LogP contribution is 2.22. The topological polar surface area (TPSA) is 39.1 Å². The van der Waals surface area contributed by atoms with Crippen LogP contribution < -0.4 is 10.1 Å². The van der Waals surface area contributed by atoms with Crippen LogP contribution in [0.25, 0.3) is 0 Å². The quantitative estimate of drug-likeness (QED) is 0.891. The highest BCUT2D eigenvalue weighted by atomic mass is 16.5. The van der Waals surface area contributed by atoms with Crippen LogP contribution in [0.15, 0.2) is 36.7 Å². The molecule has 1 aromatic heterocycles. The third-order valence-corrected chi connectivity index (χ3v) is 3.19. The van der Waals surface area contributed by atoms with Crippen LogP contribution >= 0.6 is 0 Å². The van der Waals surface area contributed by atoms with Gasteiger partial charge in [-0.1, -0.05) is 12.1 Å². The monoisotopic (exact) mass is 259 g/mol. The van der Waals surface area contributed by atoms with Crippen LogP contribution in [0.3, 0.4) is 0 Å². The van der Waals surface area contributed by atoms with E-state index in [2.05, 4.69) is 47.8 Å². The second kappa shape index (κ2) is 5.78. The molecule has 0 aliphatic carbocycles. The molecule has 1 N–H and O–H groups in total. The Balaban J connectivity index is 2.11. The highest BCUT2D eigenvalue weighted by molar-refractivity contribution is 5.35. The first-order valence-corrected chi connectivity index (χ1v) is 6.55. The fraction of sp³-hybridized carbons (Fsp3) is 0.400. The highest BCUT2D eigenvalue weighted by Gasteiger charge is 2.10. The average Bonchev–Trinajstić information content (AvgIpc) is 2.87. The molecule has 0 fully saturated rings. The van der Waals surface area contributed by atoms with Crippen molar-refractivity contribution in [3.63, 3.8) is 0 Å². The third-order valence-electron chi connectivity index (χ3n) is 3.19. The zero-order valence-electron chi connectivity index (χ0n) is 11.9. The van der Waals surface area contributed by atoms with Gasteiger partial charge in [0.2, 0.25) is 5.95 Å². The average molecular weight is 259 g/mol. The van der Waals surface area contributed by atoms with Crippen molar-refractivity contribution in [2.24, 2.45) is 0 Å². The number of hydrogen-bond acceptors (Lipinski definition) is 3. The molecule has 19 heavy (non-hydrogen) atoms. The minimum Gasteiger partial charge on any atom is -0.497 e. The van der Waals surface area contributed by atoms with E-state index in [4.69, 9.17) is 4.74 Å². The van der Waals surface area contributed by atoms with Gasteiger partial charge in [0.1, 0.15) is 5.75 Å². The van der Waals surface area contributed by atoms with Crippen molar-refractivity contribution in [1.29, 1.82) is 0 Å². The number of nitrogens with one attached hydrogen (secondary N) is 1. The molecule has 0 saturated carbocycles. The molecule has 2 aromatic rings. The Morgan fingerprint density at radius 3 is 2.42 bits per heavy atom. The summed E-state index contributed by atoms with van der Waals surface area (Å²) in [6.07, 6.45) is 3.82. The van der Waals surface area contributed by atoms with Crippen LogP contribution in [0, 0.1) is 0 Å². The molecule has 4 heteroatoms. The SMILES string of the molecule is COc1ccc(C(C)Nc2nccn2C(C)C)cc1. The van der Waals surface area contributed by atoms with E-state index in [9.17, 15) is 0 Å². The Labute approximate surface area is 114 Å². The maximum atomic E-state index is 5.17. The lowest BCUT2D eigenvalue weighted by atomic mass is 10.1. The maximum Gasteiger partial charge on any atom is 0.203 e. The number of hydrogen-bond donors (Lipinski definition) is 1. The van der Waals surface area contributed by atoms with E-state index in [1.54, 1.807) is 7.11 Å². The van der Waals surface area contributed by atoms with Gasteiger partial charge in [-0.25, -0.2) is 4.98 Å². The molecule has 2 rings (SSSR count). The summed E-state index contributed by atoms with van der Waals surface area (Å²) in [5.41, 5.74) is 1.21. The van der Waals surface area contributed by atoms with Crippen molar-refractivity contribution < 1.29 is 4.74 Å². The van der Waals surface area contributed by atoms with Gasteiger partial charge >= 0.3 is 0 Å². The van der Waals surface area contributed by atoms with Gasteiger partial charge in [0.25, 0.3) is 0 Å². The number of rotatable bonds is 5. The lowest BCUT2D eigenvalue weighted by Gasteiger charge is -2.18. The molecule has 0 amide bonds. The number of anilines is 1. The number of ether oxygens (including phenoxy) is 1. The maximum absolute atomic E-state index is 5.17. The first-order chi connectivity index (χ1) is 9.11. The van der Waals surface area contributed by atoms with Crippen LogP contribution in [0.2, 0.25) is 0 Å². The number of imidazole rings is 1. The van der Waals surface area contributed by atoms with E-state index in [-0.39, 0.29) is 6.04 Å². The lowest BCUT2D eigenvalue weighted by molar-refractivity contribution is 0.414. The van der Waals surface area contributed by atoms with Gasteiger partial charge in [0.15, 0.2) is 0 Å². The van der Waals surface area contributed by atoms with Crippen molar-refractivity contribution >= 4 is 5.95 Å². The molecule has 1 unspecified atom stereocenters. The fourth-order valence-corrected chi connectivity index (χ4v) is 2.01. The second-order valence-corrected chi connectivity index (χ2v) is 4.89. The minimum absolute atomic E-state index is 0.200. The minimum atomic E-state index is 0.200. The van der Waals surface area contributed by atoms with Crippen molar-refractivity contribution in [2.45, 2.75) is 32.9 Å². The number of aromatic nitrogens is 2. The van der Waals surface area contributed by atoms with E-state index in [0.717, 1.165) is 11.7 Å². The van der Waals surface area contributed by atoms with Gasteiger partial charge in [-0.3, -0.25) is 0 Å². The summed E-state index contributed by atoms with van der Waals surface area (Å²) in [5, 5.41) is 3.44. The van der Waals surface area contributed by atoms with Crippen LogP contribution in [0.4, 0.5) is 5.95 Å². The number of nitrogens with zero attached hydrogens (tertiary/aromatic N) is 2. The summed E-state index contributed by atoms with van der Waals surface area (Å²) in [6, 6.07) is 8.68. The molecule has 0 radical (unpaired) electrons. The number of methoxy groups -OCH3 is 1. The second-order valence-electron chi connectivity index (χ2n) is 4.89. The van der Waals surface area contributed by atoms with E-state index >= 15 is 0 Å². The van der Waals surface area contributed by atoms with Gasteiger partial charge in [0, 0.05) is 18.4 Å². The molecule has 0 aliphatic heterocycles. The summed E-state index contributed by atoms with van der Waals surface area (Å²) >= 11 is 0. The fourth-order valence-electron chi connectivity index (χ4n) is 2.01. The Morgan fingerprint density at radius 2 is 1.84 bits per heavy atom. The molecule has 102 valence electrons. The van der Waals surface area contributed by atoms with Gasteiger partial charge in [-0.15, -0.1) is 0 Å². The number of benzene rings is 1. The Kier molecular flexibility index (Phi) is 4.10. The molecule has 0 spiro atoms. The Morgan fingerprint density at radius 1 is 1.16 bits per heavy atom. The zero-order valence-corrected chi connectivity index (χ0v) is 11.9. The van der Waals surface area contributed by atoms with Crippen LogP contribution in [0.1, 0.15) is 38.4 Å². The first kappa shape index (κ1) is 13.5. The Hall–Kier alpha value is -1.97. The summed E-state index contributed by atoms with van der Waals surface area (Å²) in [6.45, 7) is 6.41. The smallest absolute Gasteiger partial charge is 0.203 e. The van der Waals surface area contributed by atoms with Gasteiger partial charge < -0.3 is 14.6 Å². The largest absolute Gasteiger partial charge is 0.497 e. The molecule has 1 aromatic carbocycles. The molecule has 1 atom stereocenters. The van der Waals surface area contributed by atoms with E-state index in [0.29, 0.717) is 6.04 Å². The third kappa shape index (κ3) is 3.08. The first-order valence-electron chi connectivity index (χ1n) is 6.55. The lowest BCUT2D eigenvalue weighted by Crippen LogP contribution is -2.12. The predicted octanol–water partition coefficient (Wildman–Crippen LogP) is 3.65. The van der Waals surface area contributed by atoms with E-state index in [1.165, 1.54) is 5.56 Å². The molecule has 1 heterocycles. The van der Waals surface area contributed by atoms with Crippen molar-refractivity contribution in [3.8, 4) is 5.75 Å².